The van der Waals surface area contributed by atoms with Crippen molar-refractivity contribution in [3.05, 3.63) is 29.3 Å². The van der Waals surface area contributed by atoms with Crippen LogP contribution in [0, 0.1) is 0 Å². The number of halogens is 1. The molecule has 1 heterocycles. The Morgan fingerprint density at radius 2 is 2.43 bits per heavy atom. The van der Waals surface area contributed by atoms with E-state index in [1.165, 1.54) is 0 Å². The highest BCUT2D eigenvalue weighted by atomic mass is 35.5. The van der Waals surface area contributed by atoms with Crippen molar-refractivity contribution in [1.82, 2.24) is 5.32 Å². The second kappa shape index (κ2) is 7.11. The van der Waals surface area contributed by atoms with Crippen LogP contribution in [0.4, 0.5) is 0 Å². The molecule has 2 rings (SSSR count). The Hall–Kier alpha value is -1.30. The minimum Gasteiger partial charge on any atom is -0.493 e. The monoisotopic (exact) mass is 313 g/mol. The topological polar surface area (TPSA) is 67.8 Å². The van der Waals surface area contributed by atoms with E-state index in [1.54, 1.807) is 31.2 Å². The minimum absolute atomic E-state index is 0.162. The van der Waals surface area contributed by atoms with Gasteiger partial charge in [-0.25, -0.2) is 0 Å². The van der Waals surface area contributed by atoms with Gasteiger partial charge in [-0.1, -0.05) is 17.7 Å². The molecule has 1 fully saturated rings. The molecule has 1 aromatic carbocycles. The average Bonchev–Trinajstić information content (AvgIpc) is 2.77. The fourth-order valence-corrected chi connectivity index (χ4v) is 2.34. The number of nitrogens with one attached hydrogen (secondary N) is 1. The number of amides is 1. The summed E-state index contributed by atoms with van der Waals surface area (Å²) < 4.78 is 10.8. The van der Waals surface area contributed by atoms with Gasteiger partial charge in [0, 0.05) is 24.6 Å². The molecule has 5 nitrogen and oxygen atoms in total. The maximum atomic E-state index is 11.7. The molecule has 116 valence electrons. The van der Waals surface area contributed by atoms with Crippen molar-refractivity contribution in [1.29, 1.82) is 0 Å². The molecule has 1 saturated heterocycles. The van der Waals surface area contributed by atoms with Gasteiger partial charge < -0.3 is 19.9 Å². The molecule has 21 heavy (non-hydrogen) atoms. The van der Waals surface area contributed by atoms with Crippen molar-refractivity contribution in [3.63, 3.8) is 0 Å². The molecular formula is C15H20ClNO4. The molecule has 1 aliphatic heterocycles. The van der Waals surface area contributed by atoms with Gasteiger partial charge in [-0.2, -0.15) is 0 Å². The predicted molar refractivity (Wildman–Crippen MR) is 79.6 cm³/mol. The van der Waals surface area contributed by atoms with E-state index in [9.17, 15) is 9.90 Å². The number of rotatable bonds is 6. The van der Waals surface area contributed by atoms with Crippen molar-refractivity contribution in [2.75, 3.05) is 19.8 Å². The predicted octanol–water partition coefficient (Wildman–Crippen LogP) is 1.76. The standard InChI is InChI=1S/C15H20ClNO4/c1-11-15(19,6-8-20-11)10-17-14(18)5-7-21-13-4-2-3-12(16)9-13/h2-4,9,11,19H,5-8,10H2,1H3,(H,17,18). The maximum absolute atomic E-state index is 11.7. The third-order valence-corrected chi connectivity index (χ3v) is 3.88. The lowest BCUT2D eigenvalue weighted by Crippen LogP contribution is -2.47. The lowest BCUT2D eigenvalue weighted by Gasteiger charge is -2.26. The van der Waals surface area contributed by atoms with E-state index in [4.69, 9.17) is 21.1 Å². The van der Waals surface area contributed by atoms with Gasteiger partial charge in [0.15, 0.2) is 0 Å². The van der Waals surface area contributed by atoms with Gasteiger partial charge in [0.2, 0.25) is 5.91 Å². The summed E-state index contributed by atoms with van der Waals surface area (Å²) in [6.07, 6.45) is 0.492. The van der Waals surface area contributed by atoms with E-state index in [2.05, 4.69) is 5.32 Å². The normalized spacial score (nSPS) is 24.8. The van der Waals surface area contributed by atoms with Gasteiger partial charge in [-0.3, -0.25) is 4.79 Å². The van der Waals surface area contributed by atoms with Crippen LogP contribution in [-0.2, 0) is 9.53 Å². The second-order valence-electron chi connectivity index (χ2n) is 5.20. The number of hydrogen-bond acceptors (Lipinski definition) is 4. The Bertz CT molecular complexity index is 496. The molecule has 2 atom stereocenters. The molecule has 0 radical (unpaired) electrons. The Labute approximate surface area is 129 Å². The van der Waals surface area contributed by atoms with Crippen molar-refractivity contribution >= 4 is 17.5 Å². The molecule has 1 amide bonds. The Morgan fingerprint density at radius 3 is 3.10 bits per heavy atom. The highest BCUT2D eigenvalue weighted by Gasteiger charge is 2.39. The highest BCUT2D eigenvalue weighted by molar-refractivity contribution is 6.30. The van der Waals surface area contributed by atoms with E-state index in [-0.39, 0.29) is 31.6 Å². The van der Waals surface area contributed by atoms with E-state index >= 15 is 0 Å². The molecule has 0 aromatic heterocycles. The van der Waals surface area contributed by atoms with Crippen LogP contribution in [0.2, 0.25) is 5.02 Å². The number of ether oxygens (including phenoxy) is 2. The van der Waals surface area contributed by atoms with Crippen LogP contribution in [-0.4, -0.2) is 42.5 Å². The van der Waals surface area contributed by atoms with Crippen LogP contribution >= 0.6 is 11.6 Å². The lowest BCUT2D eigenvalue weighted by molar-refractivity contribution is -0.123. The van der Waals surface area contributed by atoms with Crippen LogP contribution in [0.5, 0.6) is 5.75 Å². The number of carbonyl (C=O) groups is 1. The average molecular weight is 314 g/mol. The molecule has 0 bridgehead atoms. The molecular weight excluding hydrogens is 294 g/mol. The molecule has 0 spiro atoms. The summed E-state index contributed by atoms with van der Waals surface area (Å²) >= 11 is 5.84. The first-order valence-electron chi connectivity index (χ1n) is 6.99. The Balaban J connectivity index is 1.68. The molecule has 0 saturated carbocycles. The Morgan fingerprint density at radius 1 is 1.62 bits per heavy atom. The number of benzene rings is 1. The van der Waals surface area contributed by atoms with Crippen LogP contribution in [0.25, 0.3) is 0 Å². The second-order valence-corrected chi connectivity index (χ2v) is 5.64. The summed E-state index contributed by atoms with van der Waals surface area (Å²) in [5.74, 6) is 0.469. The fourth-order valence-electron chi connectivity index (χ4n) is 2.16. The van der Waals surface area contributed by atoms with E-state index in [0.29, 0.717) is 23.8 Å². The van der Waals surface area contributed by atoms with E-state index < -0.39 is 5.60 Å². The summed E-state index contributed by atoms with van der Waals surface area (Å²) in [7, 11) is 0. The van der Waals surface area contributed by atoms with Gasteiger partial charge in [0.05, 0.1) is 19.1 Å². The number of carbonyl (C=O) groups excluding carboxylic acids is 1. The molecule has 1 aliphatic rings. The zero-order valence-corrected chi connectivity index (χ0v) is 12.7. The molecule has 1 aromatic rings. The van der Waals surface area contributed by atoms with Gasteiger partial charge in [0.1, 0.15) is 11.4 Å². The third kappa shape index (κ3) is 4.59. The highest BCUT2D eigenvalue weighted by Crippen LogP contribution is 2.24. The lowest BCUT2D eigenvalue weighted by atomic mass is 9.97. The summed E-state index contributed by atoms with van der Waals surface area (Å²) in [4.78, 5) is 11.7. The molecule has 2 unspecified atom stereocenters. The molecule has 0 aliphatic carbocycles. The van der Waals surface area contributed by atoms with Crippen LogP contribution in [0.15, 0.2) is 24.3 Å². The fraction of sp³-hybridized carbons (Fsp3) is 0.533. The van der Waals surface area contributed by atoms with Gasteiger partial charge in [0.25, 0.3) is 0 Å². The minimum atomic E-state index is -0.969. The SMILES string of the molecule is CC1OCCC1(O)CNC(=O)CCOc1cccc(Cl)c1. The summed E-state index contributed by atoms with van der Waals surface area (Å²) in [5.41, 5.74) is -0.969. The van der Waals surface area contributed by atoms with Crippen LogP contribution < -0.4 is 10.1 Å². The third-order valence-electron chi connectivity index (χ3n) is 3.65. The Kier molecular flexibility index (Phi) is 5.45. The molecule has 2 N–H and O–H groups in total. The van der Waals surface area contributed by atoms with Gasteiger partial charge in [-0.15, -0.1) is 0 Å². The zero-order chi connectivity index (χ0) is 15.3. The maximum Gasteiger partial charge on any atom is 0.223 e. The first-order chi connectivity index (χ1) is 9.99. The summed E-state index contributed by atoms with van der Waals surface area (Å²) in [5, 5.41) is 13.6. The van der Waals surface area contributed by atoms with Gasteiger partial charge in [-0.05, 0) is 25.1 Å². The first-order valence-corrected chi connectivity index (χ1v) is 7.36. The van der Waals surface area contributed by atoms with E-state index in [0.717, 1.165) is 0 Å². The van der Waals surface area contributed by atoms with Crippen LogP contribution in [0.3, 0.4) is 0 Å². The smallest absolute Gasteiger partial charge is 0.223 e. The van der Waals surface area contributed by atoms with Crippen molar-refractivity contribution in [3.8, 4) is 5.75 Å². The largest absolute Gasteiger partial charge is 0.493 e. The van der Waals surface area contributed by atoms with Crippen molar-refractivity contribution in [2.45, 2.75) is 31.5 Å². The molecule has 6 heteroatoms. The summed E-state index contributed by atoms with van der Waals surface area (Å²) in [6.45, 7) is 2.79. The zero-order valence-electron chi connectivity index (χ0n) is 12.0. The number of aliphatic hydroxyl groups is 1. The van der Waals surface area contributed by atoms with Crippen LogP contribution in [0.1, 0.15) is 19.8 Å². The number of hydrogen-bond donors (Lipinski definition) is 2. The van der Waals surface area contributed by atoms with Crippen molar-refractivity contribution < 1.29 is 19.4 Å². The first kappa shape index (κ1) is 16.1. The quantitative estimate of drug-likeness (QED) is 0.840. The van der Waals surface area contributed by atoms with Crippen molar-refractivity contribution in [2.24, 2.45) is 0 Å². The summed E-state index contributed by atoms with van der Waals surface area (Å²) in [6, 6.07) is 7.02. The van der Waals surface area contributed by atoms with E-state index in [1.807, 2.05) is 0 Å². The van der Waals surface area contributed by atoms with Gasteiger partial charge >= 0.3 is 0 Å².